The first kappa shape index (κ1) is 23.0. The van der Waals surface area contributed by atoms with Gasteiger partial charge in [-0.1, -0.05) is 35.9 Å². The Kier molecular flexibility index (Phi) is 7.82. The number of carbonyl (C=O) groups is 1. The van der Waals surface area contributed by atoms with Gasteiger partial charge in [0.2, 0.25) is 0 Å². The minimum atomic E-state index is -0.942. The molecule has 0 spiro atoms. The van der Waals surface area contributed by atoms with E-state index < -0.39 is 5.97 Å². The molecule has 3 aromatic carbocycles. The number of anilines is 1. The van der Waals surface area contributed by atoms with E-state index in [1.165, 1.54) is 0 Å². The van der Waals surface area contributed by atoms with E-state index in [9.17, 15) is 9.90 Å². The molecule has 0 aliphatic heterocycles. The fraction of sp³-hybridized carbons (Fsp3) is 0.208. The smallest absolute Gasteiger partial charge is 0.336 e. The largest absolute Gasteiger partial charge is 0.490 e. The van der Waals surface area contributed by atoms with E-state index >= 15 is 0 Å². The normalized spacial score (nSPS) is 10.6. The topological polar surface area (TPSA) is 67.8 Å². The van der Waals surface area contributed by atoms with Crippen LogP contribution in [0.25, 0.3) is 0 Å². The van der Waals surface area contributed by atoms with Crippen molar-refractivity contribution in [3.05, 3.63) is 86.3 Å². The van der Waals surface area contributed by atoms with Crippen LogP contribution in [-0.2, 0) is 13.2 Å². The molecule has 0 unspecified atom stereocenters. The second-order valence-corrected chi connectivity index (χ2v) is 8.12. The molecule has 162 valence electrons. The van der Waals surface area contributed by atoms with E-state index in [-0.39, 0.29) is 5.56 Å². The molecule has 0 heterocycles. The van der Waals surface area contributed by atoms with E-state index in [0.717, 1.165) is 21.3 Å². The summed E-state index contributed by atoms with van der Waals surface area (Å²) < 4.78 is 12.6. The summed E-state index contributed by atoms with van der Waals surface area (Å²) in [6, 6.07) is 16.6. The summed E-state index contributed by atoms with van der Waals surface area (Å²) >= 11 is 9.82. The van der Waals surface area contributed by atoms with Crippen molar-refractivity contribution < 1.29 is 19.4 Å². The Hall–Kier alpha value is -2.70. The van der Waals surface area contributed by atoms with Crippen molar-refractivity contribution in [2.45, 2.75) is 27.0 Å². The first-order chi connectivity index (χ1) is 14.9. The number of carboxylic acid groups (broad SMARTS) is 1. The van der Waals surface area contributed by atoms with Crippen molar-refractivity contribution in [2.75, 3.05) is 11.9 Å². The third-order valence-electron chi connectivity index (χ3n) is 4.75. The van der Waals surface area contributed by atoms with Crippen LogP contribution in [0, 0.1) is 6.92 Å². The molecule has 2 N–H and O–H groups in total. The zero-order valence-electron chi connectivity index (χ0n) is 17.2. The molecule has 0 amide bonds. The number of ether oxygens (including phenoxy) is 2. The zero-order valence-corrected chi connectivity index (χ0v) is 19.6. The number of nitrogens with one attached hydrogen (secondary N) is 1. The van der Waals surface area contributed by atoms with Crippen molar-refractivity contribution in [1.29, 1.82) is 0 Å². The molecule has 0 aliphatic rings. The molecule has 3 rings (SSSR count). The van der Waals surface area contributed by atoms with Crippen LogP contribution in [0.4, 0.5) is 5.69 Å². The van der Waals surface area contributed by atoms with Gasteiger partial charge in [0, 0.05) is 22.8 Å². The van der Waals surface area contributed by atoms with Crippen LogP contribution in [0.5, 0.6) is 11.5 Å². The van der Waals surface area contributed by atoms with Crippen LogP contribution in [0.15, 0.2) is 59.1 Å². The lowest BCUT2D eigenvalue weighted by Crippen LogP contribution is -2.07. The highest BCUT2D eigenvalue weighted by Crippen LogP contribution is 2.38. The van der Waals surface area contributed by atoms with Gasteiger partial charge in [-0.15, -0.1) is 0 Å². The van der Waals surface area contributed by atoms with Gasteiger partial charge >= 0.3 is 5.97 Å². The molecule has 0 saturated carbocycles. The Morgan fingerprint density at radius 3 is 2.61 bits per heavy atom. The molecule has 0 bridgehead atoms. The predicted octanol–water partition coefficient (Wildman–Crippen LogP) is 6.70. The zero-order chi connectivity index (χ0) is 22.4. The Bertz CT molecular complexity index is 1090. The second-order valence-electron chi connectivity index (χ2n) is 6.85. The molecule has 5 nitrogen and oxygen atoms in total. The fourth-order valence-corrected chi connectivity index (χ4v) is 3.94. The van der Waals surface area contributed by atoms with Crippen LogP contribution >= 0.6 is 27.5 Å². The predicted molar refractivity (Wildman–Crippen MR) is 127 cm³/mol. The minimum absolute atomic E-state index is 0.282. The molecular formula is C24H23BrClNO4. The highest BCUT2D eigenvalue weighted by Gasteiger charge is 2.14. The number of aromatic carboxylic acids is 1. The van der Waals surface area contributed by atoms with Crippen LogP contribution in [0.2, 0.25) is 5.02 Å². The van der Waals surface area contributed by atoms with Crippen molar-refractivity contribution in [1.82, 2.24) is 0 Å². The highest BCUT2D eigenvalue weighted by molar-refractivity contribution is 9.10. The molecule has 0 aromatic heterocycles. The second kappa shape index (κ2) is 10.6. The molecule has 0 atom stereocenters. The molecule has 0 radical (unpaired) electrons. The lowest BCUT2D eigenvalue weighted by Gasteiger charge is -2.17. The monoisotopic (exact) mass is 503 g/mol. The number of benzene rings is 3. The van der Waals surface area contributed by atoms with E-state index in [2.05, 4.69) is 21.2 Å². The van der Waals surface area contributed by atoms with Crippen molar-refractivity contribution in [2.24, 2.45) is 0 Å². The van der Waals surface area contributed by atoms with Gasteiger partial charge in [0.1, 0.15) is 6.61 Å². The van der Waals surface area contributed by atoms with Gasteiger partial charge in [0.05, 0.1) is 16.6 Å². The van der Waals surface area contributed by atoms with Crippen LogP contribution in [0.1, 0.15) is 34.0 Å². The van der Waals surface area contributed by atoms with Gasteiger partial charge in [-0.2, -0.15) is 0 Å². The van der Waals surface area contributed by atoms with E-state index in [1.807, 2.05) is 49.4 Å². The standard InChI is InChI=1S/C24H23BrClNO4/c1-3-30-22-12-16(13-27-21-10-6-8-18(15(21)2)24(28)29)11-19(25)23(22)31-14-17-7-4-5-9-20(17)26/h4-12,27H,3,13-14H2,1-2H3,(H,28,29). The third-order valence-corrected chi connectivity index (χ3v) is 5.70. The fourth-order valence-electron chi connectivity index (χ4n) is 3.15. The number of carboxylic acids is 1. The van der Waals surface area contributed by atoms with Gasteiger partial charge in [0.25, 0.3) is 0 Å². The van der Waals surface area contributed by atoms with Gasteiger partial charge in [-0.3, -0.25) is 0 Å². The van der Waals surface area contributed by atoms with Gasteiger partial charge < -0.3 is 19.9 Å². The average molecular weight is 505 g/mol. The maximum atomic E-state index is 11.4. The average Bonchev–Trinajstić information content (AvgIpc) is 2.73. The van der Waals surface area contributed by atoms with Crippen molar-refractivity contribution in [3.63, 3.8) is 0 Å². The van der Waals surface area contributed by atoms with Crippen LogP contribution < -0.4 is 14.8 Å². The summed E-state index contributed by atoms with van der Waals surface area (Å²) in [7, 11) is 0. The Labute approximate surface area is 195 Å². The van der Waals surface area contributed by atoms with Crippen molar-refractivity contribution >= 4 is 39.2 Å². The summed E-state index contributed by atoms with van der Waals surface area (Å²) in [6.07, 6.45) is 0. The first-order valence-electron chi connectivity index (χ1n) is 9.79. The summed E-state index contributed by atoms with van der Waals surface area (Å²) in [4.78, 5) is 11.4. The van der Waals surface area contributed by atoms with Gasteiger partial charge in [-0.25, -0.2) is 4.79 Å². The molecular weight excluding hydrogens is 482 g/mol. The van der Waals surface area contributed by atoms with E-state index in [0.29, 0.717) is 41.8 Å². The Balaban J connectivity index is 1.79. The quantitative estimate of drug-likeness (QED) is 0.339. The maximum absolute atomic E-state index is 11.4. The number of hydrogen-bond donors (Lipinski definition) is 2. The first-order valence-corrected chi connectivity index (χ1v) is 11.0. The molecule has 0 saturated heterocycles. The Morgan fingerprint density at radius 2 is 1.90 bits per heavy atom. The van der Waals surface area contributed by atoms with Crippen LogP contribution in [-0.4, -0.2) is 17.7 Å². The Morgan fingerprint density at radius 1 is 1.13 bits per heavy atom. The summed E-state index contributed by atoms with van der Waals surface area (Å²) in [5.41, 5.74) is 3.59. The van der Waals surface area contributed by atoms with Gasteiger partial charge in [0.15, 0.2) is 11.5 Å². The van der Waals surface area contributed by atoms with Crippen LogP contribution in [0.3, 0.4) is 0 Å². The van der Waals surface area contributed by atoms with E-state index in [4.69, 9.17) is 21.1 Å². The number of halogens is 2. The van der Waals surface area contributed by atoms with E-state index in [1.54, 1.807) is 19.1 Å². The van der Waals surface area contributed by atoms with Crippen molar-refractivity contribution in [3.8, 4) is 11.5 Å². The SMILES string of the molecule is CCOc1cc(CNc2cccc(C(=O)O)c2C)cc(Br)c1OCc1ccccc1Cl. The summed E-state index contributed by atoms with van der Waals surface area (Å²) in [5.74, 6) is 0.286. The highest BCUT2D eigenvalue weighted by atomic mass is 79.9. The molecule has 3 aromatic rings. The molecule has 0 fully saturated rings. The minimum Gasteiger partial charge on any atom is -0.490 e. The lowest BCUT2D eigenvalue weighted by atomic mass is 10.1. The summed E-state index contributed by atoms with van der Waals surface area (Å²) in [5, 5.41) is 13.3. The lowest BCUT2D eigenvalue weighted by molar-refractivity contribution is 0.0696. The molecule has 7 heteroatoms. The third kappa shape index (κ3) is 5.71. The van der Waals surface area contributed by atoms with Gasteiger partial charge in [-0.05, 0) is 71.2 Å². The number of rotatable bonds is 9. The summed E-state index contributed by atoms with van der Waals surface area (Å²) in [6.45, 7) is 5.01. The molecule has 31 heavy (non-hydrogen) atoms. The maximum Gasteiger partial charge on any atom is 0.336 e. The number of hydrogen-bond acceptors (Lipinski definition) is 4. The molecule has 0 aliphatic carbocycles.